The second kappa shape index (κ2) is 7.29. The normalized spacial score (nSPS) is 7.75. The van der Waals surface area contributed by atoms with Crippen molar-refractivity contribution in [2.75, 3.05) is 4.43 Å². The van der Waals surface area contributed by atoms with Crippen LogP contribution in [0.25, 0.3) is 0 Å². The lowest BCUT2D eigenvalue weighted by Crippen LogP contribution is -3.60. The number of hydrogen-bond acceptors (Lipinski definition) is 0. The third-order valence-corrected chi connectivity index (χ3v) is 2.97. The SMILES string of the molecule is CC#C[I+]CCCC. The highest BCUT2D eigenvalue weighted by molar-refractivity contribution is 4.81. The van der Waals surface area contributed by atoms with Gasteiger partial charge in [0.25, 0.3) is 0 Å². The number of unbranched alkanes of at least 4 members (excludes halogenated alkanes) is 1. The van der Waals surface area contributed by atoms with Crippen LogP contribution in [0.4, 0.5) is 0 Å². The Morgan fingerprint density at radius 1 is 1.50 bits per heavy atom. The van der Waals surface area contributed by atoms with Crippen molar-refractivity contribution in [1.82, 2.24) is 0 Å². The van der Waals surface area contributed by atoms with Crippen LogP contribution in [0.2, 0.25) is 0 Å². The Balaban J connectivity index is 2.79. The van der Waals surface area contributed by atoms with E-state index in [-0.39, 0.29) is 21.2 Å². The summed E-state index contributed by atoms with van der Waals surface area (Å²) < 4.78 is 4.53. The maximum absolute atomic E-state index is 3.14. The van der Waals surface area contributed by atoms with Gasteiger partial charge in [0.05, 0.1) is 0 Å². The quantitative estimate of drug-likeness (QED) is 0.245. The van der Waals surface area contributed by atoms with Gasteiger partial charge in [0.2, 0.25) is 0 Å². The Hall–Kier alpha value is 0.290. The molecule has 0 atom stereocenters. The predicted octanol–water partition coefficient (Wildman–Crippen LogP) is -1.14. The van der Waals surface area contributed by atoms with Crippen LogP contribution in [-0.2, 0) is 0 Å². The molecule has 8 heavy (non-hydrogen) atoms. The second-order valence-electron chi connectivity index (χ2n) is 1.52. The third kappa shape index (κ3) is 6.29. The van der Waals surface area contributed by atoms with Crippen molar-refractivity contribution < 1.29 is 21.2 Å². The van der Waals surface area contributed by atoms with Crippen molar-refractivity contribution in [2.24, 2.45) is 0 Å². The predicted molar refractivity (Wildman–Crippen MR) is 33.2 cm³/mol. The molecule has 0 rings (SSSR count). The zero-order chi connectivity index (χ0) is 6.24. The zero-order valence-corrected chi connectivity index (χ0v) is 7.66. The summed E-state index contributed by atoms with van der Waals surface area (Å²) >= 11 is 0.257. The lowest BCUT2D eigenvalue weighted by Gasteiger charge is -1.74. The molecule has 0 aromatic carbocycles. The average Bonchev–Trinajstić information content (AvgIpc) is 1.81. The van der Waals surface area contributed by atoms with Crippen LogP contribution in [0.15, 0.2) is 0 Å². The van der Waals surface area contributed by atoms with E-state index in [1.54, 1.807) is 0 Å². The largest absolute Gasteiger partial charge is 0.374 e. The van der Waals surface area contributed by atoms with E-state index in [0.29, 0.717) is 0 Å². The van der Waals surface area contributed by atoms with Crippen LogP contribution in [-0.4, -0.2) is 4.43 Å². The van der Waals surface area contributed by atoms with Gasteiger partial charge in [-0.2, -0.15) is 0 Å². The van der Waals surface area contributed by atoms with E-state index in [2.05, 4.69) is 16.8 Å². The molecule has 0 aromatic rings. The summed E-state index contributed by atoms with van der Waals surface area (Å²) in [6, 6.07) is 0. The maximum Gasteiger partial charge on any atom is 0.374 e. The van der Waals surface area contributed by atoms with Crippen LogP contribution < -0.4 is 21.2 Å². The molecule has 0 bridgehead atoms. The molecule has 0 N–H and O–H groups in total. The Morgan fingerprint density at radius 3 is 2.75 bits per heavy atom. The molecule has 0 aliphatic rings. The zero-order valence-electron chi connectivity index (χ0n) is 5.50. The summed E-state index contributed by atoms with van der Waals surface area (Å²) in [6.07, 6.45) is 2.70. The van der Waals surface area contributed by atoms with Crippen LogP contribution in [0.1, 0.15) is 26.7 Å². The molecule has 1 heteroatoms. The van der Waals surface area contributed by atoms with Gasteiger partial charge in [0.15, 0.2) is 8.35 Å². The first-order valence-corrected chi connectivity index (χ1v) is 5.52. The van der Waals surface area contributed by atoms with Crippen LogP contribution in [0.5, 0.6) is 0 Å². The molecule has 0 aromatic heterocycles. The fraction of sp³-hybridized carbons (Fsp3) is 0.714. The van der Waals surface area contributed by atoms with E-state index in [9.17, 15) is 0 Å². The molecule has 0 amide bonds. The highest BCUT2D eigenvalue weighted by Crippen LogP contribution is 1.75. The smallest absolute Gasteiger partial charge is 0.0652 e. The topological polar surface area (TPSA) is 0 Å². The molecule has 46 valence electrons. The second-order valence-corrected chi connectivity index (χ2v) is 3.90. The molecular formula is C7H12I+. The van der Waals surface area contributed by atoms with E-state index >= 15 is 0 Å². The molecule has 0 nitrogen and oxygen atoms in total. The monoisotopic (exact) mass is 223 g/mol. The van der Waals surface area contributed by atoms with Gasteiger partial charge in [-0.05, 0) is 6.42 Å². The lowest BCUT2D eigenvalue weighted by atomic mass is 10.4. The van der Waals surface area contributed by atoms with E-state index in [4.69, 9.17) is 0 Å². The molecule has 0 saturated heterocycles. The van der Waals surface area contributed by atoms with Crippen molar-refractivity contribution in [3.8, 4) is 9.85 Å². The summed E-state index contributed by atoms with van der Waals surface area (Å²) in [4.78, 5) is 0. The minimum absolute atomic E-state index is 0.257. The first-order chi connectivity index (χ1) is 3.91. The van der Waals surface area contributed by atoms with E-state index in [1.165, 1.54) is 17.3 Å². The van der Waals surface area contributed by atoms with Crippen molar-refractivity contribution in [1.29, 1.82) is 0 Å². The minimum Gasteiger partial charge on any atom is -0.0652 e. The molecule has 0 aliphatic heterocycles. The first-order valence-electron chi connectivity index (χ1n) is 2.91. The maximum atomic E-state index is 3.14. The number of hydrogen-bond donors (Lipinski definition) is 0. The Labute approximate surface area is 62.3 Å². The van der Waals surface area contributed by atoms with Crippen LogP contribution in [0.3, 0.4) is 0 Å². The summed E-state index contributed by atoms with van der Waals surface area (Å²) in [5, 5.41) is 0. The van der Waals surface area contributed by atoms with Crippen LogP contribution >= 0.6 is 0 Å². The molecule has 0 heterocycles. The van der Waals surface area contributed by atoms with Crippen molar-refractivity contribution in [3.05, 3.63) is 0 Å². The van der Waals surface area contributed by atoms with E-state index < -0.39 is 0 Å². The van der Waals surface area contributed by atoms with Gasteiger partial charge in [-0.15, -0.1) is 0 Å². The molecular weight excluding hydrogens is 211 g/mol. The minimum atomic E-state index is 0.257. The fourth-order valence-electron chi connectivity index (χ4n) is 0.315. The lowest BCUT2D eigenvalue weighted by molar-refractivity contribution is -0.567. The molecule has 0 aliphatic carbocycles. The van der Waals surface area contributed by atoms with Crippen molar-refractivity contribution in [2.45, 2.75) is 26.7 Å². The summed E-state index contributed by atoms with van der Waals surface area (Å²) in [5.41, 5.74) is 0. The highest BCUT2D eigenvalue weighted by atomic mass is 127. The Morgan fingerprint density at radius 2 is 2.25 bits per heavy atom. The van der Waals surface area contributed by atoms with Gasteiger partial charge in [-0.25, -0.2) is 0 Å². The molecule has 0 unspecified atom stereocenters. The standard InChI is InChI=1S/C7H12I/c1-3-5-7-8-6-4-2/h3,5,7H2,1-2H3/q+1. The van der Waals surface area contributed by atoms with E-state index in [0.717, 1.165) is 0 Å². The van der Waals surface area contributed by atoms with E-state index in [1.807, 2.05) is 6.92 Å². The highest BCUT2D eigenvalue weighted by Gasteiger charge is 1.97. The molecule has 0 radical (unpaired) electrons. The van der Waals surface area contributed by atoms with Crippen LogP contribution in [0, 0.1) is 9.85 Å². The average molecular weight is 223 g/mol. The van der Waals surface area contributed by atoms with Gasteiger partial charge in [0.1, 0.15) is 0 Å². The molecule has 0 fully saturated rings. The van der Waals surface area contributed by atoms with Gasteiger partial charge in [0, 0.05) is 6.92 Å². The van der Waals surface area contributed by atoms with Gasteiger partial charge in [-0.1, -0.05) is 19.3 Å². The van der Waals surface area contributed by atoms with Gasteiger partial charge in [-0.3, -0.25) is 0 Å². The molecule has 0 spiro atoms. The molecule has 0 saturated carbocycles. The third-order valence-electron chi connectivity index (χ3n) is 0.743. The van der Waals surface area contributed by atoms with Crippen molar-refractivity contribution in [3.63, 3.8) is 0 Å². The van der Waals surface area contributed by atoms with Gasteiger partial charge >= 0.3 is 21.2 Å². The summed E-state index contributed by atoms with van der Waals surface area (Å²) in [5.74, 6) is 2.93. The Bertz CT molecular complexity index is 86.3. The first kappa shape index (κ1) is 8.29. The summed E-state index contributed by atoms with van der Waals surface area (Å²) in [6.45, 7) is 4.15. The fourth-order valence-corrected chi connectivity index (χ4v) is 2.11. The number of halogens is 1. The number of rotatable bonds is 3. The Kier molecular flexibility index (Phi) is 7.55. The van der Waals surface area contributed by atoms with Crippen molar-refractivity contribution >= 4 is 0 Å². The summed E-state index contributed by atoms with van der Waals surface area (Å²) in [7, 11) is 0. The number of alkyl halides is 1. The van der Waals surface area contributed by atoms with Gasteiger partial charge < -0.3 is 0 Å².